The molecule has 12 heavy (non-hydrogen) atoms. The molecule has 0 aromatic carbocycles. The first-order valence-corrected chi connectivity index (χ1v) is 6.14. The molecule has 1 unspecified atom stereocenters. The number of hydrogen-bond acceptors (Lipinski definition) is 2. The lowest BCUT2D eigenvalue weighted by Crippen LogP contribution is -2.00. The fraction of sp³-hybridized carbons (Fsp3) is 0.600. The summed E-state index contributed by atoms with van der Waals surface area (Å²) in [5.74, 6) is 0.812. The molecule has 1 aromatic rings. The third-order valence-electron chi connectivity index (χ3n) is 1.62. The highest BCUT2D eigenvalue weighted by molar-refractivity contribution is 8.01. The summed E-state index contributed by atoms with van der Waals surface area (Å²) in [5, 5.41) is 2.90. The Hall–Kier alpha value is 0.0500. The van der Waals surface area contributed by atoms with Crippen molar-refractivity contribution in [2.75, 3.05) is 0 Å². The molecule has 1 rings (SSSR count). The van der Waals surface area contributed by atoms with Gasteiger partial charge in [-0.05, 0) is 23.8 Å². The normalized spacial score (nSPS) is 13.7. The minimum Gasteiger partial charge on any atom is -0.137 e. The quantitative estimate of drug-likeness (QED) is 0.654. The summed E-state index contributed by atoms with van der Waals surface area (Å²) in [6.07, 6.45) is 1.31. The summed E-state index contributed by atoms with van der Waals surface area (Å²) in [6, 6.07) is 4.32. The Kier molecular flexibility index (Phi) is 4.16. The molecule has 0 nitrogen and oxygen atoms in total. The van der Waals surface area contributed by atoms with E-state index in [-0.39, 0.29) is 0 Å². The zero-order valence-corrected chi connectivity index (χ0v) is 9.54. The van der Waals surface area contributed by atoms with E-state index in [4.69, 9.17) is 0 Å². The lowest BCUT2D eigenvalue weighted by atomic mass is 10.1. The third kappa shape index (κ3) is 3.63. The molecule has 0 bridgehead atoms. The maximum atomic E-state index is 2.31. The number of hydrogen-bond donors (Lipinski definition) is 0. The molecule has 1 aromatic heterocycles. The highest BCUT2D eigenvalue weighted by Crippen LogP contribution is 2.30. The molecule has 0 aliphatic heterocycles. The van der Waals surface area contributed by atoms with E-state index < -0.39 is 0 Å². The Morgan fingerprint density at radius 1 is 1.42 bits per heavy atom. The van der Waals surface area contributed by atoms with Gasteiger partial charge in [0.05, 0.1) is 4.21 Å². The van der Waals surface area contributed by atoms with E-state index in [1.807, 2.05) is 23.1 Å². The number of thiophene rings is 1. The van der Waals surface area contributed by atoms with Crippen LogP contribution in [0.2, 0.25) is 0 Å². The summed E-state index contributed by atoms with van der Waals surface area (Å²) in [6.45, 7) is 6.88. The van der Waals surface area contributed by atoms with Gasteiger partial charge in [0, 0.05) is 5.25 Å². The van der Waals surface area contributed by atoms with Gasteiger partial charge >= 0.3 is 0 Å². The monoisotopic (exact) mass is 200 g/mol. The first-order valence-electron chi connectivity index (χ1n) is 4.38. The Balaban J connectivity index is 2.32. The minimum absolute atomic E-state index is 0.753. The van der Waals surface area contributed by atoms with Gasteiger partial charge in [0.2, 0.25) is 0 Å². The van der Waals surface area contributed by atoms with Gasteiger partial charge in [0.1, 0.15) is 0 Å². The lowest BCUT2D eigenvalue weighted by molar-refractivity contribution is 0.585. The molecule has 1 heterocycles. The van der Waals surface area contributed by atoms with E-state index >= 15 is 0 Å². The van der Waals surface area contributed by atoms with Crippen molar-refractivity contribution in [3.63, 3.8) is 0 Å². The zero-order chi connectivity index (χ0) is 8.97. The van der Waals surface area contributed by atoms with Gasteiger partial charge in [-0.15, -0.1) is 23.1 Å². The average molecular weight is 200 g/mol. The fourth-order valence-electron chi connectivity index (χ4n) is 1.24. The van der Waals surface area contributed by atoms with Crippen molar-refractivity contribution in [2.45, 2.75) is 36.7 Å². The molecule has 2 heteroatoms. The molecule has 1 atom stereocenters. The van der Waals surface area contributed by atoms with Crippen LogP contribution in [-0.4, -0.2) is 5.25 Å². The van der Waals surface area contributed by atoms with Crippen LogP contribution in [0.15, 0.2) is 21.7 Å². The van der Waals surface area contributed by atoms with Crippen LogP contribution in [-0.2, 0) is 0 Å². The minimum atomic E-state index is 0.753. The van der Waals surface area contributed by atoms with Crippen molar-refractivity contribution in [2.24, 2.45) is 5.92 Å². The van der Waals surface area contributed by atoms with Gasteiger partial charge in [-0.2, -0.15) is 0 Å². The molecule has 0 spiro atoms. The smallest absolute Gasteiger partial charge is 0.0601 e. The van der Waals surface area contributed by atoms with E-state index in [0.717, 1.165) is 11.2 Å². The van der Waals surface area contributed by atoms with Crippen LogP contribution in [0.4, 0.5) is 0 Å². The first kappa shape index (κ1) is 10.1. The largest absolute Gasteiger partial charge is 0.137 e. The third-order valence-corrected chi connectivity index (χ3v) is 3.82. The van der Waals surface area contributed by atoms with E-state index in [2.05, 4.69) is 38.3 Å². The second kappa shape index (κ2) is 4.93. The molecular weight excluding hydrogens is 184 g/mol. The summed E-state index contributed by atoms with van der Waals surface area (Å²) >= 11 is 3.84. The first-order chi connectivity index (χ1) is 5.68. The Labute approximate surface area is 83.4 Å². The van der Waals surface area contributed by atoms with Gasteiger partial charge in [-0.1, -0.05) is 26.8 Å². The van der Waals surface area contributed by atoms with Crippen LogP contribution < -0.4 is 0 Å². The van der Waals surface area contributed by atoms with Crippen molar-refractivity contribution in [3.05, 3.63) is 17.5 Å². The van der Waals surface area contributed by atoms with Crippen molar-refractivity contribution < 1.29 is 0 Å². The SMILES string of the molecule is CC(C)CC(C)Sc1cccs1. The second-order valence-electron chi connectivity index (χ2n) is 3.49. The standard InChI is InChI=1S/C10H16S2/c1-8(2)7-9(3)12-10-5-4-6-11-10/h4-6,8-9H,7H2,1-3H3. The van der Waals surface area contributed by atoms with Gasteiger partial charge in [0.25, 0.3) is 0 Å². The molecule has 0 fully saturated rings. The molecule has 0 saturated carbocycles. The van der Waals surface area contributed by atoms with Gasteiger partial charge in [-0.3, -0.25) is 0 Å². The van der Waals surface area contributed by atoms with E-state index in [1.165, 1.54) is 10.6 Å². The summed E-state index contributed by atoms with van der Waals surface area (Å²) < 4.78 is 1.45. The molecule has 0 aliphatic rings. The fourth-order valence-corrected chi connectivity index (χ4v) is 3.61. The number of thioether (sulfide) groups is 1. The van der Waals surface area contributed by atoms with E-state index in [9.17, 15) is 0 Å². The van der Waals surface area contributed by atoms with Crippen LogP contribution >= 0.6 is 23.1 Å². The molecule has 0 saturated heterocycles. The maximum absolute atomic E-state index is 2.31. The van der Waals surface area contributed by atoms with Crippen molar-refractivity contribution >= 4 is 23.1 Å². The lowest BCUT2D eigenvalue weighted by Gasteiger charge is -2.11. The maximum Gasteiger partial charge on any atom is 0.0601 e. The molecule has 0 amide bonds. The molecular formula is C10H16S2. The predicted octanol–water partition coefficient (Wildman–Crippen LogP) is 4.27. The van der Waals surface area contributed by atoms with Crippen molar-refractivity contribution in [3.8, 4) is 0 Å². The van der Waals surface area contributed by atoms with Gasteiger partial charge in [-0.25, -0.2) is 0 Å². The molecule has 0 aliphatic carbocycles. The van der Waals surface area contributed by atoms with Crippen LogP contribution in [0.3, 0.4) is 0 Å². The average Bonchev–Trinajstić information content (AvgIpc) is 2.37. The Morgan fingerprint density at radius 3 is 2.67 bits per heavy atom. The molecule has 68 valence electrons. The zero-order valence-electron chi connectivity index (χ0n) is 7.91. The Bertz CT molecular complexity index is 202. The van der Waals surface area contributed by atoms with Gasteiger partial charge < -0.3 is 0 Å². The van der Waals surface area contributed by atoms with E-state index in [1.54, 1.807) is 0 Å². The van der Waals surface area contributed by atoms with E-state index in [0.29, 0.717) is 0 Å². The van der Waals surface area contributed by atoms with Crippen LogP contribution in [0.5, 0.6) is 0 Å². The van der Waals surface area contributed by atoms with Crippen LogP contribution in [0.1, 0.15) is 27.2 Å². The topological polar surface area (TPSA) is 0 Å². The van der Waals surface area contributed by atoms with Gasteiger partial charge in [0.15, 0.2) is 0 Å². The summed E-state index contributed by atoms with van der Waals surface area (Å²) in [7, 11) is 0. The van der Waals surface area contributed by atoms with Crippen LogP contribution in [0.25, 0.3) is 0 Å². The highest BCUT2D eigenvalue weighted by atomic mass is 32.2. The molecule has 0 radical (unpaired) electrons. The second-order valence-corrected chi connectivity index (χ2v) is 6.18. The molecule has 0 N–H and O–H groups in total. The van der Waals surface area contributed by atoms with Crippen LogP contribution in [0, 0.1) is 5.92 Å². The number of rotatable bonds is 4. The predicted molar refractivity (Wildman–Crippen MR) is 59.1 cm³/mol. The summed E-state index contributed by atoms with van der Waals surface area (Å²) in [5.41, 5.74) is 0. The van der Waals surface area contributed by atoms with Crippen molar-refractivity contribution in [1.29, 1.82) is 0 Å². The summed E-state index contributed by atoms with van der Waals surface area (Å²) in [4.78, 5) is 0. The highest BCUT2D eigenvalue weighted by Gasteiger charge is 2.06. The van der Waals surface area contributed by atoms with Crippen molar-refractivity contribution in [1.82, 2.24) is 0 Å². The Morgan fingerprint density at radius 2 is 2.17 bits per heavy atom.